The molecule has 0 fully saturated rings. The molecule has 0 aliphatic carbocycles. The molecule has 2 aromatic rings. The van der Waals surface area contributed by atoms with Crippen LogP contribution in [-0.4, -0.2) is 22.8 Å². The second kappa shape index (κ2) is 5.48. The fourth-order valence-electron chi connectivity index (χ4n) is 1.63. The van der Waals surface area contributed by atoms with Crippen LogP contribution in [0.5, 0.6) is 0 Å². The lowest BCUT2D eigenvalue weighted by Gasteiger charge is -2.03. The Hall–Kier alpha value is -2.43. The normalized spacial score (nSPS) is 10.2. The number of rotatable bonds is 3. The maximum atomic E-state index is 11.8. The largest absolute Gasteiger partial charge is 0.461 e. The van der Waals surface area contributed by atoms with Gasteiger partial charge in [-0.3, -0.25) is 9.89 Å². The number of nitrogens with one attached hydrogen (secondary N) is 1. The van der Waals surface area contributed by atoms with Crippen LogP contribution in [-0.2, 0) is 4.74 Å². The van der Waals surface area contributed by atoms with Crippen LogP contribution in [0.4, 0.5) is 0 Å². The summed E-state index contributed by atoms with van der Waals surface area (Å²) in [5.74, 6) is -0.709. The molecule has 1 aromatic heterocycles. The molecule has 0 atom stereocenters. The van der Waals surface area contributed by atoms with Crippen molar-refractivity contribution in [3.63, 3.8) is 0 Å². The Kier molecular flexibility index (Phi) is 3.75. The number of hydrogen-bond donors (Lipinski definition) is 1. The summed E-state index contributed by atoms with van der Waals surface area (Å²) < 4.78 is 4.75. The highest BCUT2D eigenvalue weighted by Gasteiger charge is 2.14. The molecule has 98 valence electrons. The number of ether oxygens (including phenoxy) is 1. The predicted octanol–water partition coefficient (Wildman–Crippen LogP) is 1.92. The third kappa shape index (κ3) is 2.88. The Bertz CT molecular complexity index is 644. The zero-order valence-electron chi connectivity index (χ0n) is 10.8. The Balaban J connectivity index is 2.36. The minimum atomic E-state index is -0.709. The van der Waals surface area contributed by atoms with E-state index in [1.165, 1.54) is 6.07 Å². The van der Waals surface area contributed by atoms with E-state index < -0.39 is 11.4 Å². The fraction of sp³-hybridized carbons (Fsp3) is 0.214. The van der Waals surface area contributed by atoms with Crippen molar-refractivity contribution in [2.75, 3.05) is 6.61 Å². The molecule has 0 bridgehead atoms. The average Bonchev–Trinajstić information content (AvgIpc) is 2.39. The van der Waals surface area contributed by atoms with Gasteiger partial charge in [0.05, 0.1) is 12.3 Å². The summed E-state index contributed by atoms with van der Waals surface area (Å²) in [6.45, 7) is 3.86. The van der Waals surface area contributed by atoms with Crippen LogP contribution in [0.3, 0.4) is 0 Å². The number of H-pyrrole nitrogens is 1. The summed E-state index contributed by atoms with van der Waals surface area (Å²) in [5.41, 5.74) is 1.86. The van der Waals surface area contributed by atoms with Crippen molar-refractivity contribution in [2.24, 2.45) is 0 Å². The second-order valence-electron chi connectivity index (χ2n) is 4.08. The zero-order valence-corrected chi connectivity index (χ0v) is 10.8. The standard InChI is InChI=1S/C14H14N2O3/c1-3-19-14(18)13-12(17)8-11(15-16-13)10-6-4-9(2)5-7-10/h4-8H,3H2,1-2H3,(H,15,17). The first-order valence-electron chi connectivity index (χ1n) is 5.95. The van der Waals surface area contributed by atoms with Crippen molar-refractivity contribution in [2.45, 2.75) is 13.8 Å². The monoisotopic (exact) mass is 258 g/mol. The van der Waals surface area contributed by atoms with Gasteiger partial charge in [-0.25, -0.2) is 4.79 Å². The summed E-state index contributed by atoms with van der Waals surface area (Å²) in [7, 11) is 0. The lowest BCUT2D eigenvalue weighted by Crippen LogP contribution is -2.20. The van der Waals surface area contributed by atoms with Crippen LogP contribution in [0.15, 0.2) is 35.1 Å². The van der Waals surface area contributed by atoms with Crippen LogP contribution in [0.2, 0.25) is 0 Å². The topological polar surface area (TPSA) is 72.0 Å². The van der Waals surface area contributed by atoms with E-state index in [1.54, 1.807) is 6.92 Å². The average molecular weight is 258 g/mol. The molecule has 0 saturated heterocycles. The molecule has 0 unspecified atom stereocenters. The molecule has 0 spiro atoms. The van der Waals surface area contributed by atoms with Gasteiger partial charge in [0, 0.05) is 6.07 Å². The van der Waals surface area contributed by atoms with Crippen LogP contribution in [0, 0.1) is 6.92 Å². The van der Waals surface area contributed by atoms with Gasteiger partial charge in [0.25, 0.3) is 0 Å². The van der Waals surface area contributed by atoms with E-state index in [4.69, 9.17) is 4.74 Å². The van der Waals surface area contributed by atoms with Gasteiger partial charge in [-0.2, -0.15) is 5.10 Å². The lowest BCUT2D eigenvalue weighted by atomic mass is 10.1. The maximum Gasteiger partial charge on any atom is 0.362 e. The number of hydrogen-bond acceptors (Lipinski definition) is 4. The second-order valence-corrected chi connectivity index (χ2v) is 4.08. The number of esters is 1. The van der Waals surface area contributed by atoms with Crippen LogP contribution in [0.1, 0.15) is 23.0 Å². The number of aromatic nitrogens is 2. The SMILES string of the molecule is CCOC(=O)c1n[nH]c(-c2ccc(C)cc2)cc1=O. The molecule has 0 aliphatic heterocycles. The van der Waals surface area contributed by atoms with Crippen molar-refractivity contribution < 1.29 is 9.53 Å². The van der Waals surface area contributed by atoms with Gasteiger partial charge in [-0.15, -0.1) is 0 Å². The minimum absolute atomic E-state index is 0.208. The number of aromatic amines is 1. The van der Waals surface area contributed by atoms with E-state index in [0.717, 1.165) is 11.1 Å². The molecule has 5 nitrogen and oxygen atoms in total. The van der Waals surface area contributed by atoms with Gasteiger partial charge < -0.3 is 4.74 Å². The van der Waals surface area contributed by atoms with Gasteiger partial charge in [0.1, 0.15) is 0 Å². The summed E-state index contributed by atoms with van der Waals surface area (Å²) in [6, 6.07) is 8.99. The molecule has 1 aromatic carbocycles. The Labute approximate surface area is 110 Å². The molecule has 2 rings (SSSR count). The highest BCUT2D eigenvalue weighted by Crippen LogP contribution is 2.15. The quantitative estimate of drug-likeness (QED) is 0.854. The van der Waals surface area contributed by atoms with Crippen molar-refractivity contribution in [1.29, 1.82) is 0 Å². The van der Waals surface area contributed by atoms with Crippen LogP contribution < -0.4 is 5.43 Å². The van der Waals surface area contributed by atoms with E-state index in [0.29, 0.717) is 5.69 Å². The number of carbonyl (C=O) groups is 1. The minimum Gasteiger partial charge on any atom is -0.461 e. The highest BCUT2D eigenvalue weighted by molar-refractivity contribution is 5.87. The van der Waals surface area contributed by atoms with E-state index in [2.05, 4.69) is 10.2 Å². The Morgan fingerprint density at radius 1 is 1.32 bits per heavy atom. The molecule has 0 aliphatic rings. The summed E-state index contributed by atoms with van der Waals surface area (Å²) in [6.07, 6.45) is 0. The molecule has 0 amide bonds. The van der Waals surface area contributed by atoms with Gasteiger partial charge in [0.2, 0.25) is 11.1 Å². The fourth-order valence-corrected chi connectivity index (χ4v) is 1.63. The van der Waals surface area contributed by atoms with E-state index in [1.807, 2.05) is 31.2 Å². The number of aryl methyl sites for hydroxylation is 1. The summed E-state index contributed by atoms with van der Waals surface area (Å²) in [4.78, 5) is 23.3. The van der Waals surface area contributed by atoms with E-state index in [9.17, 15) is 9.59 Å². The summed E-state index contributed by atoms with van der Waals surface area (Å²) >= 11 is 0. The van der Waals surface area contributed by atoms with Crippen molar-refractivity contribution in [3.8, 4) is 11.3 Å². The number of nitrogens with zero attached hydrogens (tertiary/aromatic N) is 1. The molecule has 0 radical (unpaired) electrons. The molecular formula is C14H14N2O3. The molecule has 1 N–H and O–H groups in total. The summed E-state index contributed by atoms with van der Waals surface area (Å²) in [5, 5.41) is 6.49. The number of carbonyl (C=O) groups excluding carboxylic acids is 1. The molecular weight excluding hydrogens is 244 g/mol. The Morgan fingerprint density at radius 2 is 2.00 bits per heavy atom. The van der Waals surface area contributed by atoms with Crippen LogP contribution in [0.25, 0.3) is 11.3 Å². The van der Waals surface area contributed by atoms with E-state index >= 15 is 0 Å². The first-order valence-corrected chi connectivity index (χ1v) is 5.95. The third-order valence-electron chi connectivity index (χ3n) is 2.63. The molecule has 5 heteroatoms. The Morgan fingerprint density at radius 3 is 2.58 bits per heavy atom. The first-order chi connectivity index (χ1) is 9.11. The van der Waals surface area contributed by atoms with Crippen LogP contribution >= 0.6 is 0 Å². The lowest BCUT2D eigenvalue weighted by molar-refractivity contribution is 0.0516. The van der Waals surface area contributed by atoms with Crippen molar-refractivity contribution in [1.82, 2.24) is 10.2 Å². The van der Waals surface area contributed by atoms with Gasteiger partial charge in [-0.1, -0.05) is 29.8 Å². The molecule has 19 heavy (non-hydrogen) atoms. The third-order valence-corrected chi connectivity index (χ3v) is 2.63. The zero-order chi connectivity index (χ0) is 13.8. The van der Waals surface area contributed by atoms with Crippen molar-refractivity contribution >= 4 is 5.97 Å². The maximum absolute atomic E-state index is 11.8. The van der Waals surface area contributed by atoms with Gasteiger partial charge >= 0.3 is 5.97 Å². The first kappa shape index (κ1) is 13.0. The van der Waals surface area contributed by atoms with Gasteiger partial charge in [-0.05, 0) is 19.4 Å². The van der Waals surface area contributed by atoms with Crippen molar-refractivity contribution in [3.05, 3.63) is 51.8 Å². The number of benzene rings is 1. The van der Waals surface area contributed by atoms with Gasteiger partial charge in [0.15, 0.2) is 0 Å². The molecule has 1 heterocycles. The van der Waals surface area contributed by atoms with E-state index in [-0.39, 0.29) is 12.3 Å². The molecule has 0 saturated carbocycles. The predicted molar refractivity (Wildman–Crippen MR) is 71.0 cm³/mol. The smallest absolute Gasteiger partial charge is 0.362 e. The highest BCUT2D eigenvalue weighted by atomic mass is 16.5.